The molecule has 0 amide bonds. The van der Waals surface area contributed by atoms with Crippen molar-refractivity contribution in [1.82, 2.24) is 9.55 Å². The van der Waals surface area contributed by atoms with Crippen molar-refractivity contribution in [2.75, 3.05) is 12.9 Å². The Hall–Kier alpha value is -2.93. The van der Waals surface area contributed by atoms with Crippen molar-refractivity contribution in [1.29, 1.82) is 0 Å². The highest BCUT2D eigenvalue weighted by atomic mass is 32.2. The molecule has 0 aliphatic carbocycles. The molecule has 6 nitrogen and oxygen atoms in total. The number of ether oxygens (including phenoxy) is 1. The van der Waals surface area contributed by atoms with E-state index in [-0.39, 0.29) is 28.6 Å². The van der Waals surface area contributed by atoms with Crippen LogP contribution in [-0.2, 0) is 0 Å². The van der Waals surface area contributed by atoms with E-state index in [9.17, 15) is 15.0 Å². The maximum absolute atomic E-state index is 12.3. The minimum absolute atomic E-state index is 0.0863. The van der Waals surface area contributed by atoms with Gasteiger partial charge < -0.3 is 14.9 Å². The number of benzene rings is 2. The molecule has 1 aromatic heterocycles. The average molecular weight is 356 g/mol. The lowest BCUT2D eigenvalue weighted by molar-refractivity contribution is 0.102. The van der Waals surface area contributed by atoms with Crippen molar-refractivity contribution in [2.45, 2.75) is 5.16 Å². The van der Waals surface area contributed by atoms with Crippen molar-refractivity contribution >= 4 is 17.5 Å². The van der Waals surface area contributed by atoms with Crippen LogP contribution in [0.4, 0.5) is 0 Å². The number of rotatable bonds is 6. The summed E-state index contributed by atoms with van der Waals surface area (Å²) < 4.78 is 7.02. The first-order chi connectivity index (χ1) is 12.1. The highest BCUT2D eigenvalue weighted by Gasteiger charge is 2.14. The van der Waals surface area contributed by atoms with Crippen LogP contribution in [-0.4, -0.2) is 38.4 Å². The summed E-state index contributed by atoms with van der Waals surface area (Å²) in [4.78, 5) is 16.6. The van der Waals surface area contributed by atoms with Gasteiger partial charge in [-0.3, -0.25) is 9.36 Å². The number of hydrogen-bond acceptors (Lipinski definition) is 6. The fourth-order valence-corrected chi connectivity index (χ4v) is 3.16. The van der Waals surface area contributed by atoms with Crippen LogP contribution in [0.25, 0.3) is 5.69 Å². The topological polar surface area (TPSA) is 84.6 Å². The molecule has 0 radical (unpaired) electrons. The number of phenols is 2. The molecule has 0 spiro atoms. The molecule has 0 saturated heterocycles. The van der Waals surface area contributed by atoms with Crippen molar-refractivity contribution in [3.63, 3.8) is 0 Å². The molecule has 1 heterocycles. The summed E-state index contributed by atoms with van der Waals surface area (Å²) in [5, 5.41) is 19.7. The number of aromatic hydroxyl groups is 2. The Morgan fingerprint density at radius 3 is 2.64 bits per heavy atom. The van der Waals surface area contributed by atoms with Crippen LogP contribution in [0.15, 0.2) is 60.0 Å². The molecule has 0 bridgehead atoms. The van der Waals surface area contributed by atoms with Crippen LogP contribution >= 0.6 is 11.8 Å². The molecule has 0 atom stereocenters. The summed E-state index contributed by atoms with van der Waals surface area (Å²) in [7, 11) is 1.61. The Labute approximate surface area is 148 Å². The molecule has 0 aliphatic heterocycles. The SMILES string of the molecule is COc1ccc(-n2ccnc2SCC(=O)c2ccc(O)cc2O)cc1. The molecule has 2 aromatic carbocycles. The number of methoxy groups -OCH3 is 1. The molecule has 0 saturated carbocycles. The fraction of sp³-hybridized carbons (Fsp3) is 0.111. The smallest absolute Gasteiger partial charge is 0.176 e. The first-order valence-electron chi connectivity index (χ1n) is 7.44. The predicted molar refractivity (Wildman–Crippen MR) is 94.9 cm³/mol. The number of hydrogen-bond donors (Lipinski definition) is 2. The maximum atomic E-state index is 12.3. The van der Waals surface area contributed by atoms with Gasteiger partial charge in [0.25, 0.3) is 0 Å². The summed E-state index contributed by atoms with van der Waals surface area (Å²) in [5.41, 5.74) is 1.08. The molecule has 7 heteroatoms. The van der Waals surface area contributed by atoms with E-state index in [1.165, 1.54) is 23.9 Å². The average Bonchev–Trinajstić information content (AvgIpc) is 3.08. The molecule has 0 fully saturated rings. The third-order valence-electron chi connectivity index (χ3n) is 3.57. The number of aromatic nitrogens is 2. The quantitative estimate of drug-likeness (QED) is 0.521. The highest BCUT2D eigenvalue weighted by Crippen LogP contribution is 2.26. The summed E-state index contributed by atoms with van der Waals surface area (Å²) in [6.45, 7) is 0. The van der Waals surface area contributed by atoms with Gasteiger partial charge in [0.05, 0.1) is 18.4 Å². The van der Waals surface area contributed by atoms with Gasteiger partial charge in [0.2, 0.25) is 0 Å². The molecule has 25 heavy (non-hydrogen) atoms. The van der Waals surface area contributed by atoms with E-state index in [2.05, 4.69) is 4.98 Å². The summed E-state index contributed by atoms with van der Waals surface area (Å²) >= 11 is 1.27. The summed E-state index contributed by atoms with van der Waals surface area (Å²) in [6, 6.07) is 11.4. The number of nitrogens with zero attached hydrogens (tertiary/aromatic N) is 2. The van der Waals surface area contributed by atoms with Gasteiger partial charge in [0.1, 0.15) is 17.2 Å². The second-order valence-corrected chi connectivity index (χ2v) is 6.13. The fourth-order valence-electron chi connectivity index (χ4n) is 2.30. The molecule has 0 unspecified atom stereocenters. The van der Waals surface area contributed by atoms with E-state index in [0.717, 1.165) is 17.5 Å². The monoisotopic (exact) mass is 356 g/mol. The van der Waals surface area contributed by atoms with Gasteiger partial charge in [0.15, 0.2) is 10.9 Å². The number of ketones is 1. The first-order valence-corrected chi connectivity index (χ1v) is 8.43. The maximum Gasteiger partial charge on any atom is 0.176 e. The molecular formula is C18H16N2O4S. The van der Waals surface area contributed by atoms with E-state index in [0.29, 0.717) is 5.16 Å². The van der Waals surface area contributed by atoms with Crippen molar-refractivity contribution in [2.24, 2.45) is 0 Å². The number of phenolic OH excluding ortho intramolecular Hbond substituents is 2. The normalized spacial score (nSPS) is 10.6. The van der Waals surface area contributed by atoms with E-state index < -0.39 is 0 Å². The minimum Gasteiger partial charge on any atom is -0.508 e. The molecule has 3 rings (SSSR count). The molecular weight excluding hydrogens is 340 g/mol. The number of thioether (sulfide) groups is 1. The Morgan fingerprint density at radius 1 is 1.20 bits per heavy atom. The largest absolute Gasteiger partial charge is 0.508 e. The second kappa shape index (κ2) is 7.31. The Morgan fingerprint density at radius 2 is 1.96 bits per heavy atom. The molecule has 0 aliphatic rings. The van der Waals surface area contributed by atoms with Gasteiger partial charge in [-0.05, 0) is 36.4 Å². The minimum atomic E-state index is -0.244. The van der Waals surface area contributed by atoms with Gasteiger partial charge in [0, 0.05) is 24.1 Å². The first kappa shape index (κ1) is 16.9. The number of imidazole rings is 1. The number of Topliss-reactive ketones (excluding diaryl/α,β-unsaturated/α-hetero) is 1. The van der Waals surface area contributed by atoms with Gasteiger partial charge in [-0.25, -0.2) is 4.98 Å². The zero-order valence-electron chi connectivity index (χ0n) is 13.4. The van der Waals surface area contributed by atoms with E-state index in [1.807, 2.05) is 35.0 Å². The lowest BCUT2D eigenvalue weighted by Crippen LogP contribution is -2.04. The van der Waals surface area contributed by atoms with Crippen molar-refractivity contribution in [3.05, 3.63) is 60.4 Å². The van der Waals surface area contributed by atoms with Gasteiger partial charge in [-0.15, -0.1) is 0 Å². The highest BCUT2D eigenvalue weighted by molar-refractivity contribution is 7.99. The Balaban J connectivity index is 1.73. The van der Waals surface area contributed by atoms with Crippen LogP contribution in [0.2, 0.25) is 0 Å². The molecule has 2 N–H and O–H groups in total. The van der Waals surface area contributed by atoms with E-state index >= 15 is 0 Å². The lowest BCUT2D eigenvalue weighted by atomic mass is 10.1. The second-order valence-electron chi connectivity index (χ2n) is 5.19. The summed E-state index contributed by atoms with van der Waals surface area (Å²) in [5.74, 6) is 0.314. The van der Waals surface area contributed by atoms with Gasteiger partial charge in [-0.2, -0.15) is 0 Å². The van der Waals surface area contributed by atoms with Crippen LogP contribution in [0.1, 0.15) is 10.4 Å². The third-order valence-corrected chi connectivity index (χ3v) is 4.54. The van der Waals surface area contributed by atoms with E-state index in [4.69, 9.17) is 4.74 Å². The molecule has 3 aromatic rings. The van der Waals surface area contributed by atoms with Gasteiger partial charge in [-0.1, -0.05) is 11.8 Å². The lowest BCUT2D eigenvalue weighted by Gasteiger charge is -2.08. The van der Waals surface area contributed by atoms with Crippen LogP contribution in [0.3, 0.4) is 0 Å². The van der Waals surface area contributed by atoms with Gasteiger partial charge >= 0.3 is 0 Å². The zero-order chi connectivity index (χ0) is 17.8. The number of carbonyl (C=O) groups is 1. The van der Waals surface area contributed by atoms with Crippen molar-refractivity contribution < 1.29 is 19.7 Å². The predicted octanol–water partition coefficient (Wildman–Crippen LogP) is 3.27. The Bertz CT molecular complexity index is 890. The van der Waals surface area contributed by atoms with Crippen LogP contribution < -0.4 is 4.74 Å². The van der Waals surface area contributed by atoms with Crippen LogP contribution in [0, 0.1) is 0 Å². The van der Waals surface area contributed by atoms with Crippen LogP contribution in [0.5, 0.6) is 17.2 Å². The third kappa shape index (κ3) is 3.77. The molecule has 128 valence electrons. The number of carbonyl (C=O) groups excluding carboxylic acids is 1. The standard InChI is InChI=1S/C18H16N2O4S/c1-24-14-5-2-12(3-6-14)20-9-8-19-18(20)25-11-17(23)15-7-4-13(21)10-16(15)22/h2-10,21-22H,11H2,1H3. The zero-order valence-corrected chi connectivity index (χ0v) is 14.2. The van der Waals surface area contributed by atoms with E-state index in [1.54, 1.807) is 13.3 Å². The summed E-state index contributed by atoms with van der Waals surface area (Å²) in [6.07, 6.45) is 3.47. The Kier molecular flexibility index (Phi) is 4.95. The van der Waals surface area contributed by atoms with Crippen molar-refractivity contribution in [3.8, 4) is 22.9 Å².